The molecule has 0 saturated carbocycles. The highest BCUT2D eigenvalue weighted by atomic mass is 35.5. The van der Waals surface area contributed by atoms with Gasteiger partial charge in [-0.25, -0.2) is 4.79 Å². The van der Waals surface area contributed by atoms with Crippen molar-refractivity contribution in [1.82, 2.24) is 0 Å². The first kappa shape index (κ1) is 20.6. The molecular weight excluding hydrogens is 370 g/mol. The Labute approximate surface area is 162 Å². The summed E-state index contributed by atoms with van der Waals surface area (Å²) >= 11 is 5.87. The first-order valence-corrected chi connectivity index (χ1v) is 8.68. The number of esters is 1. The third kappa shape index (κ3) is 6.84. The zero-order valence-electron chi connectivity index (χ0n) is 14.9. The summed E-state index contributed by atoms with van der Waals surface area (Å²) in [5.74, 6) is -1.40. The molecule has 0 radical (unpaired) electrons. The SMILES string of the molecule is COC(=O)c1cc(Cl)ccc1NC(=O)CC(=O)CCOCc1ccccc1. The first-order chi connectivity index (χ1) is 13.0. The quantitative estimate of drug-likeness (QED) is 0.402. The second-order valence-electron chi connectivity index (χ2n) is 5.73. The number of ketones is 1. The molecular formula is C20H20ClNO5. The Kier molecular flexibility index (Phi) is 7.98. The van der Waals surface area contributed by atoms with Crippen LogP contribution in [0.3, 0.4) is 0 Å². The van der Waals surface area contributed by atoms with Crippen LogP contribution < -0.4 is 5.32 Å². The lowest BCUT2D eigenvalue weighted by Gasteiger charge is -2.10. The molecule has 0 heterocycles. The molecule has 27 heavy (non-hydrogen) atoms. The molecule has 2 rings (SSSR count). The van der Waals surface area contributed by atoms with Crippen molar-refractivity contribution in [2.75, 3.05) is 19.0 Å². The predicted octanol–water partition coefficient (Wildman–Crippen LogP) is 3.63. The van der Waals surface area contributed by atoms with E-state index in [1.807, 2.05) is 30.3 Å². The zero-order valence-corrected chi connectivity index (χ0v) is 15.6. The number of nitrogens with one attached hydrogen (secondary N) is 1. The van der Waals surface area contributed by atoms with Gasteiger partial charge in [0.1, 0.15) is 5.78 Å². The maximum Gasteiger partial charge on any atom is 0.340 e. The fourth-order valence-electron chi connectivity index (χ4n) is 2.32. The molecule has 0 spiro atoms. The largest absolute Gasteiger partial charge is 0.465 e. The van der Waals surface area contributed by atoms with Crippen molar-refractivity contribution in [3.63, 3.8) is 0 Å². The Morgan fingerprint density at radius 1 is 1.07 bits per heavy atom. The Bertz CT molecular complexity index is 807. The van der Waals surface area contributed by atoms with Gasteiger partial charge in [-0.15, -0.1) is 0 Å². The van der Waals surface area contributed by atoms with E-state index in [0.717, 1.165) is 5.56 Å². The summed E-state index contributed by atoms with van der Waals surface area (Å²) in [4.78, 5) is 35.8. The maximum absolute atomic E-state index is 12.1. The zero-order chi connectivity index (χ0) is 19.6. The topological polar surface area (TPSA) is 81.7 Å². The number of benzene rings is 2. The number of amides is 1. The van der Waals surface area contributed by atoms with E-state index in [2.05, 4.69) is 10.1 Å². The number of anilines is 1. The summed E-state index contributed by atoms with van der Waals surface area (Å²) < 4.78 is 10.1. The third-order valence-electron chi connectivity index (χ3n) is 3.66. The van der Waals surface area contributed by atoms with Crippen molar-refractivity contribution >= 4 is 34.9 Å². The average Bonchev–Trinajstić information content (AvgIpc) is 2.66. The predicted molar refractivity (Wildman–Crippen MR) is 102 cm³/mol. The molecule has 1 N–H and O–H groups in total. The summed E-state index contributed by atoms with van der Waals surface area (Å²) in [6.07, 6.45) is -0.178. The molecule has 0 bridgehead atoms. The number of hydrogen-bond acceptors (Lipinski definition) is 5. The van der Waals surface area contributed by atoms with E-state index in [1.54, 1.807) is 0 Å². The Balaban J connectivity index is 1.80. The number of halogens is 1. The van der Waals surface area contributed by atoms with E-state index in [1.165, 1.54) is 25.3 Å². The van der Waals surface area contributed by atoms with Crippen molar-refractivity contribution in [1.29, 1.82) is 0 Å². The molecule has 7 heteroatoms. The fourth-order valence-corrected chi connectivity index (χ4v) is 2.49. The third-order valence-corrected chi connectivity index (χ3v) is 3.89. The molecule has 0 unspecified atom stereocenters. The van der Waals surface area contributed by atoms with Crippen molar-refractivity contribution in [3.8, 4) is 0 Å². The average molecular weight is 390 g/mol. The molecule has 0 fully saturated rings. The molecule has 0 saturated heterocycles. The Hall–Kier alpha value is -2.70. The Morgan fingerprint density at radius 3 is 2.52 bits per heavy atom. The first-order valence-electron chi connectivity index (χ1n) is 8.30. The van der Waals surface area contributed by atoms with Gasteiger partial charge in [-0.3, -0.25) is 9.59 Å². The fraction of sp³-hybridized carbons (Fsp3) is 0.250. The van der Waals surface area contributed by atoms with Gasteiger partial charge in [0.25, 0.3) is 0 Å². The van der Waals surface area contributed by atoms with Gasteiger partial charge in [0.2, 0.25) is 5.91 Å². The number of Topliss-reactive ketones (excluding diaryl/α,β-unsaturated/α-hetero) is 1. The van der Waals surface area contributed by atoms with Crippen molar-refractivity contribution in [2.45, 2.75) is 19.4 Å². The van der Waals surface area contributed by atoms with Crippen molar-refractivity contribution in [2.24, 2.45) is 0 Å². The summed E-state index contributed by atoms with van der Waals surface area (Å²) in [6.45, 7) is 0.642. The van der Waals surface area contributed by atoms with Crippen LogP contribution in [0.2, 0.25) is 5.02 Å². The van der Waals surface area contributed by atoms with Gasteiger partial charge in [0.15, 0.2) is 0 Å². The normalized spacial score (nSPS) is 10.3. The molecule has 2 aromatic rings. The molecule has 0 aliphatic heterocycles. The molecule has 0 aliphatic carbocycles. The molecule has 0 aromatic heterocycles. The van der Waals surface area contributed by atoms with Crippen LogP contribution in [-0.4, -0.2) is 31.4 Å². The van der Waals surface area contributed by atoms with Crippen LogP contribution in [0.25, 0.3) is 0 Å². The molecule has 6 nitrogen and oxygen atoms in total. The van der Waals surface area contributed by atoms with Crippen LogP contribution in [-0.2, 0) is 25.7 Å². The summed E-state index contributed by atoms with van der Waals surface area (Å²) in [7, 11) is 1.23. The van der Waals surface area contributed by atoms with Gasteiger partial charge in [-0.1, -0.05) is 41.9 Å². The monoisotopic (exact) mass is 389 g/mol. The van der Waals surface area contributed by atoms with E-state index in [0.29, 0.717) is 11.6 Å². The number of carbonyl (C=O) groups is 3. The van der Waals surface area contributed by atoms with Gasteiger partial charge in [-0.05, 0) is 23.8 Å². The molecule has 0 atom stereocenters. The minimum atomic E-state index is -0.631. The summed E-state index contributed by atoms with van der Waals surface area (Å²) in [6, 6.07) is 14.0. The summed E-state index contributed by atoms with van der Waals surface area (Å²) in [5.41, 5.74) is 1.38. The van der Waals surface area contributed by atoms with Crippen LogP contribution in [0.15, 0.2) is 48.5 Å². The molecule has 2 aromatic carbocycles. The van der Waals surface area contributed by atoms with E-state index in [9.17, 15) is 14.4 Å². The Morgan fingerprint density at radius 2 is 1.81 bits per heavy atom. The smallest absolute Gasteiger partial charge is 0.340 e. The van der Waals surface area contributed by atoms with Gasteiger partial charge >= 0.3 is 5.97 Å². The molecule has 142 valence electrons. The summed E-state index contributed by atoms with van der Waals surface area (Å²) in [5, 5.41) is 2.87. The highest BCUT2D eigenvalue weighted by Gasteiger charge is 2.16. The lowest BCUT2D eigenvalue weighted by molar-refractivity contribution is -0.126. The number of ether oxygens (including phenoxy) is 2. The van der Waals surface area contributed by atoms with E-state index in [-0.39, 0.29) is 36.5 Å². The molecule has 1 amide bonds. The van der Waals surface area contributed by atoms with Crippen LogP contribution in [0.5, 0.6) is 0 Å². The van der Waals surface area contributed by atoms with Gasteiger partial charge < -0.3 is 14.8 Å². The van der Waals surface area contributed by atoms with E-state index in [4.69, 9.17) is 16.3 Å². The van der Waals surface area contributed by atoms with Crippen molar-refractivity contribution < 1.29 is 23.9 Å². The van der Waals surface area contributed by atoms with Crippen LogP contribution in [0, 0.1) is 0 Å². The second kappa shape index (κ2) is 10.4. The lowest BCUT2D eigenvalue weighted by Crippen LogP contribution is -2.19. The maximum atomic E-state index is 12.1. The van der Waals surface area contributed by atoms with Crippen molar-refractivity contribution in [3.05, 3.63) is 64.7 Å². The highest BCUT2D eigenvalue weighted by molar-refractivity contribution is 6.31. The van der Waals surface area contributed by atoms with E-state index < -0.39 is 11.9 Å². The number of carbonyl (C=O) groups excluding carboxylic acids is 3. The number of rotatable bonds is 9. The van der Waals surface area contributed by atoms with Crippen LogP contribution in [0.4, 0.5) is 5.69 Å². The van der Waals surface area contributed by atoms with Crippen LogP contribution >= 0.6 is 11.6 Å². The minimum absolute atomic E-state index is 0.122. The number of hydrogen-bond donors (Lipinski definition) is 1. The standard InChI is InChI=1S/C20H20ClNO5/c1-26-20(25)17-11-15(21)7-8-18(17)22-19(24)12-16(23)9-10-27-13-14-5-3-2-4-6-14/h2-8,11H,9-10,12-13H2,1H3,(H,22,24). The van der Waals surface area contributed by atoms with Gasteiger partial charge in [-0.2, -0.15) is 0 Å². The van der Waals surface area contributed by atoms with E-state index >= 15 is 0 Å². The lowest BCUT2D eigenvalue weighted by atomic mass is 10.1. The van der Waals surface area contributed by atoms with Gasteiger partial charge in [0.05, 0.1) is 38.0 Å². The highest BCUT2D eigenvalue weighted by Crippen LogP contribution is 2.21. The second-order valence-corrected chi connectivity index (χ2v) is 6.17. The molecule has 0 aliphatic rings. The van der Waals surface area contributed by atoms with Crippen LogP contribution in [0.1, 0.15) is 28.8 Å². The minimum Gasteiger partial charge on any atom is -0.465 e. The van der Waals surface area contributed by atoms with Gasteiger partial charge in [0, 0.05) is 11.4 Å². The number of methoxy groups -OCH3 is 1.